The van der Waals surface area contributed by atoms with Crippen molar-refractivity contribution in [1.82, 2.24) is 10.2 Å². The van der Waals surface area contributed by atoms with Gasteiger partial charge in [0.1, 0.15) is 6.04 Å². The van der Waals surface area contributed by atoms with Crippen molar-refractivity contribution in [3.8, 4) is 0 Å². The van der Waals surface area contributed by atoms with Gasteiger partial charge in [0.2, 0.25) is 21.8 Å². The molecule has 3 rings (SSSR count). The van der Waals surface area contributed by atoms with E-state index in [1.165, 1.54) is 10.7 Å². The zero-order chi connectivity index (χ0) is 27.0. The lowest BCUT2D eigenvalue weighted by atomic mass is 9.95. The van der Waals surface area contributed by atoms with E-state index < -0.39 is 16.1 Å². The molecule has 2 aromatic rings. The van der Waals surface area contributed by atoms with E-state index in [1.54, 1.807) is 36.1 Å². The summed E-state index contributed by atoms with van der Waals surface area (Å²) >= 11 is 5.95. The Bertz CT molecular complexity index is 1160. The molecule has 1 fully saturated rings. The van der Waals surface area contributed by atoms with Gasteiger partial charge in [0.05, 0.1) is 11.9 Å². The summed E-state index contributed by atoms with van der Waals surface area (Å²) in [7, 11) is -3.55. The van der Waals surface area contributed by atoms with E-state index in [2.05, 4.69) is 5.32 Å². The van der Waals surface area contributed by atoms with Gasteiger partial charge >= 0.3 is 0 Å². The maximum Gasteiger partial charge on any atom is 0.242 e. The van der Waals surface area contributed by atoms with Crippen LogP contribution in [0.4, 0.5) is 5.69 Å². The van der Waals surface area contributed by atoms with Crippen molar-refractivity contribution in [2.45, 2.75) is 77.4 Å². The Morgan fingerprint density at radius 1 is 1.08 bits per heavy atom. The number of carbonyl (C=O) groups is 2. The molecule has 0 spiro atoms. The van der Waals surface area contributed by atoms with Crippen LogP contribution in [0.15, 0.2) is 48.5 Å². The Kier molecular flexibility index (Phi) is 10.4. The molecule has 202 valence electrons. The van der Waals surface area contributed by atoms with E-state index in [9.17, 15) is 18.0 Å². The SMILES string of the molecule is Cc1cccc(CN(C(=O)CCCN(c2ccc(Cl)cc2)S(C)(=O)=O)C(C)C(=O)NC2CCCCC2)c1. The molecular weight excluding hydrogens is 510 g/mol. The number of anilines is 1. The predicted octanol–water partition coefficient (Wildman–Crippen LogP) is 5.06. The Hall–Kier alpha value is -2.58. The van der Waals surface area contributed by atoms with E-state index in [1.807, 2.05) is 31.2 Å². The normalized spacial score (nSPS) is 15.1. The van der Waals surface area contributed by atoms with Crippen molar-refractivity contribution in [3.63, 3.8) is 0 Å². The monoisotopic (exact) mass is 547 g/mol. The topological polar surface area (TPSA) is 86.8 Å². The van der Waals surface area contributed by atoms with Gasteiger partial charge in [-0.05, 0) is 62.9 Å². The van der Waals surface area contributed by atoms with E-state index in [0.29, 0.717) is 23.7 Å². The van der Waals surface area contributed by atoms with E-state index in [4.69, 9.17) is 11.6 Å². The van der Waals surface area contributed by atoms with Crippen molar-refractivity contribution in [1.29, 1.82) is 0 Å². The summed E-state index contributed by atoms with van der Waals surface area (Å²) in [6.07, 6.45) is 6.92. The maximum absolute atomic E-state index is 13.4. The van der Waals surface area contributed by atoms with Crippen LogP contribution in [-0.2, 0) is 26.2 Å². The summed E-state index contributed by atoms with van der Waals surface area (Å²) in [6, 6.07) is 14.0. The van der Waals surface area contributed by atoms with Crippen LogP contribution in [0.2, 0.25) is 5.02 Å². The van der Waals surface area contributed by atoms with Gasteiger partial charge in [-0.3, -0.25) is 13.9 Å². The average molecular weight is 548 g/mol. The number of nitrogens with zero attached hydrogens (tertiary/aromatic N) is 2. The molecule has 37 heavy (non-hydrogen) atoms. The fourth-order valence-corrected chi connectivity index (χ4v) is 5.86. The second-order valence-corrected chi connectivity index (χ2v) is 12.3. The third kappa shape index (κ3) is 8.75. The zero-order valence-electron chi connectivity index (χ0n) is 22.0. The Morgan fingerprint density at radius 2 is 1.76 bits per heavy atom. The first-order valence-electron chi connectivity index (χ1n) is 12.9. The van der Waals surface area contributed by atoms with Gasteiger partial charge in [0.25, 0.3) is 0 Å². The molecule has 2 aromatic carbocycles. The van der Waals surface area contributed by atoms with Crippen LogP contribution < -0.4 is 9.62 Å². The quantitative estimate of drug-likeness (QED) is 0.426. The molecule has 9 heteroatoms. The number of hydrogen-bond acceptors (Lipinski definition) is 4. The maximum atomic E-state index is 13.4. The predicted molar refractivity (Wildman–Crippen MR) is 149 cm³/mol. The van der Waals surface area contributed by atoms with Crippen LogP contribution in [0.5, 0.6) is 0 Å². The summed E-state index contributed by atoms with van der Waals surface area (Å²) in [5.74, 6) is -0.329. The van der Waals surface area contributed by atoms with Crippen LogP contribution in [0.1, 0.15) is 63.0 Å². The number of sulfonamides is 1. The third-order valence-corrected chi connectivity index (χ3v) is 8.27. The third-order valence-electron chi connectivity index (χ3n) is 6.82. The van der Waals surface area contributed by atoms with Crippen LogP contribution in [0.3, 0.4) is 0 Å². The molecule has 0 aliphatic heterocycles. The van der Waals surface area contributed by atoms with Gasteiger partial charge < -0.3 is 10.2 Å². The Balaban J connectivity index is 1.71. The van der Waals surface area contributed by atoms with Crippen LogP contribution in [-0.4, -0.2) is 50.0 Å². The van der Waals surface area contributed by atoms with Crippen LogP contribution >= 0.6 is 11.6 Å². The smallest absolute Gasteiger partial charge is 0.242 e. The van der Waals surface area contributed by atoms with Gasteiger partial charge in [-0.25, -0.2) is 8.42 Å². The molecule has 1 saturated carbocycles. The highest BCUT2D eigenvalue weighted by Crippen LogP contribution is 2.22. The van der Waals surface area contributed by atoms with Crippen molar-refractivity contribution >= 4 is 39.1 Å². The molecule has 2 amide bonds. The number of hydrogen-bond donors (Lipinski definition) is 1. The van der Waals surface area contributed by atoms with Crippen molar-refractivity contribution in [3.05, 3.63) is 64.7 Å². The highest BCUT2D eigenvalue weighted by Gasteiger charge is 2.28. The summed E-state index contributed by atoms with van der Waals surface area (Å²) < 4.78 is 26.1. The molecule has 0 bridgehead atoms. The molecule has 0 saturated heterocycles. The minimum absolute atomic E-state index is 0.118. The van der Waals surface area contributed by atoms with Gasteiger partial charge in [-0.15, -0.1) is 0 Å². The van der Waals surface area contributed by atoms with E-state index in [-0.39, 0.29) is 30.8 Å². The number of amides is 2. The molecule has 1 aliphatic carbocycles. The number of rotatable bonds is 11. The second kappa shape index (κ2) is 13.3. The fraction of sp³-hybridized carbons (Fsp3) is 0.500. The van der Waals surface area contributed by atoms with Crippen molar-refractivity contribution in [2.24, 2.45) is 0 Å². The first kappa shape index (κ1) is 29.0. The summed E-state index contributed by atoms with van der Waals surface area (Å²) in [6.45, 7) is 4.22. The number of halogens is 1. The van der Waals surface area contributed by atoms with E-state index in [0.717, 1.165) is 43.1 Å². The average Bonchev–Trinajstić information content (AvgIpc) is 2.85. The molecule has 1 N–H and O–H groups in total. The summed E-state index contributed by atoms with van der Waals surface area (Å²) in [5.41, 5.74) is 2.52. The number of benzene rings is 2. The molecule has 1 aliphatic rings. The molecule has 1 unspecified atom stereocenters. The standard InChI is InChI=1S/C28H38ClN3O4S/c1-21-9-7-10-23(19-21)20-31(22(2)28(34)30-25-11-5-4-6-12-25)27(33)13-8-18-32(37(3,35)36)26-16-14-24(29)15-17-26/h7,9-10,14-17,19,22,25H,4-6,8,11-13,18,20H2,1-3H3,(H,30,34). The first-order valence-corrected chi connectivity index (χ1v) is 15.2. The first-order chi connectivity index (χ1) is 17.5. The second-order valence-electron chi connectivity index (χ2n) is 9.95. The summed E-state index contributed by atoms with van der Waals surface area (Å²) in [4.78, 5) is 28.2. The minimum Gasteiger partial charge on any atom is -0.352 e. The van der Waals surface area contributed by atoms with Crippen LogP contribution in [0, 0.1) is 6.92 Å². The zero-order valence-corrected chi connectivity index (χ0v) is 23.5. The van der Waals surface area contributed by atoms with E-state index >= 15 is 0 Å². The Morgan fingerprint density at radius 3 is 2.38 bits per heavy atom. The molecular formula is C28H38ClN3O4S. The van der Waals surface area contributed by atoms with Crippen molar-refractivity contribution < 1.29 is 18.0 Å². The molecule has 0 radical (unpaired) electrons. The highest BCUT2D eigenvalue weighted by atomic mass is 35.5. The van der Waals surface area contributed by atoms with Crippen LogP contribution in [0.25, 0.3) is 0 Å². The lowest BCUT2D eigenvalue weighted by Crippen LogP contribution is -2.50. The number of aryl methyl sites for hydroxylation is 1. The Labute approximate surface area is 226 Å². The highest BCUT2D eigenvalue weighted by molar-refractivity contribution is 7.92. The lowest BCUT2D eigenvalue weighted by molar-refractivity contribution is -0.141. The largest absolute Gasteiger partial charge is 0.352 e. The van der Waals surface area contributed by atoms with Crippen molar-refractivity contribution in [2.75, 3.05) is 17.1 Å². The number of nitrogens with one attached hydrogen (secondary N) is 1. The van der Waals surface area contributed by atoms with Gasteiger partial charge in [-0.2, -0.15) is 0 Å². The van der Waals surface area contributed by atoms with Gasteiger partial charge in [0.15, 0.2) is 0 Å². The minimum atomic E-state index is -3.55. The van der Waals surface area contributed by atoms with Gasteiger partial charge in [-0.1, -0.05) is 60.7 Å². The molecule has 0 heterocycles. The lowest BCUT2D eigenvalue weighted by Gasteiger charge is -2.31. The molecule has 0 aromatic heterocycles. The fourth-order valence-electron chi connectivity index (χ4n) is 4.77. The van der Waals surface area contributed by atoms with Gasteiger partial charge in [0, 0.05) is 30.6 Å². The summed E-state index contributed by atoms with van der Waals surface area (Å²) in [5, 5.41) is 3.65. The molecule has 1 atom stereocenters. The number of carbonyl (C=O) groups excluding carboxylic acids is 2. The molecule has 7 nitrogen and oxygen atoms in total.